The monoisotopic (exact) mass is 843 g/mol. The van der Waals surface area contributed by atoms with Crippen LogP contribution in [0, 0.1) is 0 Å². The average molecular weight is 843 g/mol. The molecule has 0 aromatic heterocycles. The minimum absolute atomic E-state index is 0.0629. The van der Waals surface area contributed by atoms with E-state index < -0.39 is 20.0 Å². The fourth-order valence-electron chi connectivity index (χ4n) is 6.13. The Hall–Kier alpha value is -2.58. The molecule has 0 rings (SSSR count). The van der Waals surface area contributed by atoms with Crippen molar-refractivity contribution >= 4 is 13.7 Å². The first-order chi connectivity index (χ1) is 28.9. The molecule has 8 nitrogen and oxygen atoms in total. The molecule has 0 spiro atoms. The van der Waals surface area contributed by atoms with Crippen molar-refractivity contribution in [3.8, 4) is 0 Å². The molecular formula is C50H87N2O6P. The van der Waals surface area contributed by atoms with Crippen LogP contribution in [0.3, 0.4) is 0 Å². The molecule has 0 fully saturated rings. The summed E-state index contributed by atoms with van der Waals surface area (Å²) >= 11 is 0. The zero-order valence-electron chi connectivity index (χ0n) is 37.5. The molecule has 0 aromatic carbocycles. The van der Waals surface area contributed by atoms with E-state index in [0.717, 1.165) is 96.3 Å². The van der Waals surface area contributed by atoms with E-state index in [1.165, 1.54) is 64.2 Å². The Morgan fingerprint density at radius 2 is 1.00 bits per heavy atom. The molecule has 0 heterocycles. The Bertz CT molecular complexity index is 1240. The molecule has 0 aromatic rings. The van der Waals surface area contributed by atoms with Gasteiger partial charge in [-0.25, -0.2) is 4.57 Å². The smallest absolute Gasteiger partial charge is 0.387 e. The first-order valence-electron chi connectivity index (χ1n) is 23.4. The first kappa shape index (κ1) is 56.4. The minimum Gasteiger partial charge on any atom is -0.387 e. The fraction of sp³-hybridized carbons (Fsp3) is 0.660. The fourth-order valence-corrected chi connectivity index (χ4v) is 6.89. The van der Waals surface area contributed by atoms with Gasteiger partial charge in [-0.15, -0.1) is 0 Å². The molecule has 59 heavy (non-hydrogen) atoms. The van der Waals surface area contributed by atoms with E-state index in [9.17, 15) is 19.4 Å². The van der Waals surface area contributed by atoms with Gasteiger partial charge < -0.3 is 21.1 Å². The maximum Gasteiger partial charge on any atom is 0.472 e. The van der Waals surface area contributed by atoms with Crippen LogP contribution in [0.1, 0.15) is 181 Å². The number of nitrogens with one attached hydrogen (secondary N) is 1. The van der Waals surface area contributed by atoms with Crippen molar-refractivity contribution in [1.82, 2.24) is 5.32 Å². The molecule has 0 aliphatic rings. The second-order valence-electron chi connectivity index (χ2n) is 15.2. The van der Waals surface area contributed by atoms with E-state index in [2.05, 4.69) is 104 Å². The number of amides is 1. The standard InChI is InChI=1S/C50H87N2O6P/c1-3-5-7-9-11-13-15-17-19-21-23-24-26-28-30-32-34-36-38-40-42-44-50(54)52-48(47-58-59(55,56)57-46-45-51)49(53)43-41-39-37-35-33-31-29-27-25-22-20-18-16-14-12-10-8-6-4-2/h5,7,11,13,17,19,23-25,27-28,30,33,35,41,43,48-49,53H,3-4,6,8-10,12,14-16,18,20-22,26,29,31-32,34,36-40,42,44-47,51H2,1-2H3,(H,52,54)(H,55,56)/b7-5-,13-11-,19-17-,24-23-,27-25+,30-28-,35-33+,43-41+. The van der Waals surface area contributed by atoms with Gasteiger partial charge >= 0.3 is 7.82 Å². The SMILES string of the molecule is CC/C=C\C/C=C\C/C=C\C/C=C\C/C=C\CCCCCCCC(=O)NC(COP(=O)(O)OCCN)C(O)/C=C/CC/C=C/CC/C=C/CCCCCCCCCCC. The lowest BCUT2D eigenvalue weighted by Crippen LogP contribution is -2.45. The number of carbonyl (C=O) groups excluding carboxylic acids is 1. The molecule has 5 N–H and O–H groups in total. The van der Waals surface area contributed by atoms with Crippen molar-refractivity contribution in [1.29, 1.82) is 0 Å². The van der Waals surface area contributed by atoms with E-state index >= 15 is 0 Å². The summed E-state index contributed by atoms with van der Waals surface area (Å²) in [7, 11) is -4.37. The number of unbranched alkanes of at least 4 members (excludes halogenated alkanes) is 16. The van der Waals surface area contributed by atoms with Gasteiger partial charge in [0, 0.05) is 13.0 Å². The van der Waals surface area contributed by atoms with Crippen LogP contribution in [-0.4, -0.2) is 47.8 Å². The Kier molecular flexibility index (Phi) is 43.0. The second kappa shape index (κ2) is 45.0. The van der Waals surface area contributed by atoms with Gasteiger partial charge in [0.05, 0.1) is 25.4 Å². The molecule has 9 heteroatoms. The number of phosphoric acid groups is 1. The third-order valence-corrected chi connectivity index (χ3v) is 10.6. The average Bonchev–Trinajstić information content (AvgIpc) is 3.22. The third-order valence-electron chi connectivity index (χ3n) is 9.62. The van der Waals surface area contributed by atoms with Crippen molar-refractivity contribution < 1.29 is 28.4 Å². The van der Waals surface area contributed by atoms with Crippen LogP contribution in [0.25, 0.3) is 0 Å². The molecule has 1 amide bonds. The summed E-state index contributed by atoms with van der Waals surface area (Å²) in [5.41, 5.74) is 5.38. The Morgan fingerprint density at radius 3 is 1.51 bits per heavy atom. The number of hydrogen-bond donors (Lipinski definition) is 4. The Balaban J connectivity index is 4.32. The molecule has 0 aliphatic carbocycles. The summed E-state index contributed by atoms with van der Waals surface area (Å²) in [5, 5.41) is 13.7. The number of carbonyl (C=O) groups is 1. The highest BCUT2D eigenvalue weighted by Crippen LogP contribution is 2.43. The van der Waals surface area contributed by atoms with E-state index in [4.69, 9.17) is 14.8 Å². The van der Waals surface area contributed by atoms with Crippen LogP contribution in [0.2, 0.25) is 0 Å². The van der Waals surface area contributed by atoms with Crippen LogP contribution >= 0.6 is 7.82 Å². The summed E-state index contributed by atoms with van der Waals surface area (Å²) < 4.78 is 22.1. The van der Waals surface area contributed by atoms with E-state index in [1.807, 2.05) is 6.08 Å². The Labute approximate surface area is 362 Å². The zero-order valence-corrected chi connectivity index (χ0v) is 38.3. The number of nitrogens with two attached hydrogens (primary N) is 1. The lowest BCUT2D eigenvalue weighted by molar-refractivity contribution is -0.123. The highest BCUT2D eigenvalue weighted by atomic mass is 31.2. The van der Waals surface area contributed by atoms with E-state index in [-0.39, 0.29) is 25.7 Å². The van der Waals surface area contributed by atoms with Crippen molar-refractivity contribution in [3.63, 3.8) is 0 Å². The van der Waals surface area contributed by atoms with Crippen LogP contribution in [0.5, 0.6) is 0 Å². The number of aliphatic hydroxyl groups excluding tert-OH is 1. The van der Waals surface area contributed by atoms with E-state index in [1.54, 1.807) is 6.08 Å². The van der Waals surface area contributed by atoms with Crippen molar-refractivity contribution in [2.45, 2.75) is 193 Å². The molecule has 3 atom stereocenters. The van der Waals surface area contributed by atoms with Gasteiger partial charge in [0.1, 0.15) is 0 Å². The quantitative estimate of drug-likeness (QED) is 0.0273. The zero-order chi connectivity index (χ0) is 43.2. The third kappa shape index (κ3) is 43.3. The molecule has 0 bridgehead atoms. The maximum absolute atomic E-state index is 12.8. The van der Waals surface area contributed by atoms with Gasteiger partial charge in [0.2, 0.25) is 5.91 Å². The predicted octanol–water partition coefficient (Wildman–Crippen LogP) is 13.6. The molecule has 338 valence electrons. The van der Waals surface area contributed by atoms with Gasteiger partial charge in [-0.3, -0.25) is 13.8 Å². The summed E-state index contributed by atoms with van der Waals surface area (Å²) in [6.07, 6.45) is 61.7. The number of aliphatic hydroxyl groups is 1. The van der Waals surface area contributed by atoms with Crippen molar-refractivity contribution in [3.05, 3.63) is 97.2 Å². The second-order valence-corrected chi connectivity index (χ2v) is 16.7. The van der Waals surface area contributed by atoms with Crippen molar-refractivity contribution in [2.24, 2.45) is 5.73 Å². The molecule has 0 saturated carbocycles. The summed E-state index contributed by atoms with van der Waals surface area (Å²) in [6, 6.07) is -0.901. The first-order valence-corrected chi connectivity index (χ1v) is 24.9. The summed E-state index contributed by atoms with van der Waals surface area (Å²) in [5.74, 6) is -0.231. The highest BCUT2D eigenvalue weighted by Gasteiger charge is 2.26. The van der Waals surface area contributed by atoms with Crippen LogP contribution in [0.4, 0.5) is 0 Å². The maximum atomic E-state index is 12.8. The molecular weight excluding hydrogens is 756 g/mol. The number of phosphoric ester groups is 1. The topological polar surface area (TPSA) is 131 Å². The number of hydrogen-bond acceptors (Lipinski definition) is 6. The highest BCUT2D eigenvalue weighted by molar-refractivity contribution is 7.47. The molecule has 0 radical (unpaired) electrons. The molecule has 0 aliphatic heterocycles. The predicted molar refractivity (Wildman–Crippen MR) is 253 cm³/mol. The summed E-state index contributed by atoms with van der Waals surface area (Å²) in [6.45, 7) is 3.96. The van der Waals surface area contributed by atoms with Gasteiger partial charge in [-0.2, -0.15) is 0 Å². The van der Waals surface area contributed by atoms with Crippen LogP contribution in [-0.2, 0) is 18.4 Å². The van der Waals surface area contributed by atoms with Gasteiger partial charge in [-0.1, -0.05) is 182 Å². The lowest BCUT2D eigenvalue weighted by Gasteiger charge is -2.23. The van der Waals surface area contributed by atoms with Crippen LogP contribution in [0.15, 0.2) is 97.2 Å². The Morgan fingerprint density at radius 1 is 0.576 bits per heavy atom. The van der Waals surface area contributed by atoms with Crippen LogP contribution < -0.4 is 11.1 Å². The van der Waals surface area contributed by atoms with Gasteiger partial charge in [-0.05, 0) is 89.9 Å². The van der Waals surface area contributed by atoms with Crippen molar-refractivity contribution in [2.75, 3.05) is 19.8 Å². The number of allylic oxidation sites excluding steroid dienone is 15. The lowest BCUT2D eigenvalue weighted by atomic mass is 10.1. The van der Waals surface area contributed by atoms with Gasteiger partial charge in [0.25, 0.3) is 0 Å². The van der Waals surface area contributed by atoms with Gasteiger partial charge in [0.15, 0.2) is 0 Å². The van der Waals surface area contributed by atoms with E-state index in [0.29, 0.717) is 6.42 Å². The molecule has 0 saturated heterocycles. The normalized spacial score (nSPS) is 14.9. The summed E-state index contributed by atoms with van der Waals surface area (Å²) in [4.78, 5) is 22.8. The molecule has 3 unspecified atom stereocenters. The number of rotatable bonds is 42. The minimum atomic E-state index is -4.37. The largest absolute Gasteiger partial charge is 0.472 e.